The van der Waals surface area contributed by atoms with Gasteiger partial charge in [-0.15, -0.1) is 11.8 Å². The van der Waals surface area contributed by atoms with E-state index < -0.39 is 9.84 Å². The van der Waals surface area contributed by atoms with Gasteiger partial charge >= 0.3 is 0 Å². The topological polar surface area (TPSA) is 34.1 Å². The highest BCUT2D eigenvalue weighted by atomic mass is 79.9. The first-order chi connectivity index (χ1) is 10.8. The minimum absolute atomic E-state index is 0.257. The fourth-order valence-corrected chi connectivity index (χ4v) is 5.13. The Balaban J connectivity index is 2.04. The predicted octanol–water partition coefficient (Wildman–Crippen LogP) is 4.96. The highest BCUT2D eigenvalue weighted by Crippen LogP contribution is 2.50. The van der Waals surface area contributed by atoms with Crippen molar-refractivity contribution >= 4 is 48.0 Å². The van der Waals surface area contributed by atoms with E-state index in [1.54, 1.807) is 36.0 Å². The van der Waals surface area contributed by atoms with Crippen LogP contribution in [-0.4, -0.2) is 18.8 Å². The van der Waals surface area contributed by atoms with Crippen molar-refractivity contribution in [1.29, 1.82) is 0 Å². The molecular weight excluding hydrogens is 399 g/mol. The number of thioether (sulfide) groups is 1. The maximum absolute atomic E-state index is 13.1. The molecular formula is C17H14BrFO2S2. The zero-order valence-corrected chi connectivity index (χ0v) is 15.5. The van der Waals surface area contributed by atoms with Crippen LogP contribution in [0.4, 0.5) is 4.39 Å². The Labute approximate surface area is 147 Å². The molecule has 120 valence electrons. The lowest BCUT2D eigenvalue weighted by Crippen LogP contribution is -1.97. The van der Waals surface area contributed by atoms with Gasteiger partial charge in [0.2, 0.25) is 0 Å². The number of halogens is 2. The van der Waals surface area contributed by atoms with Crippen molar-refractivity contribution in [3.8, 4) is 0 Å². The maximum atomic E-state index is 13.1. The third kappa shape index (κ3) is 3.70. The van der Waals surface area contributed by atoms with Gasteiger partial charge in [0.15, 0.2) is 9.84 Å². The lowest BCUT2D eigenvalue weighted by atomic mass is 10.0. The summed E-state index contributed by atoms with van der Waals surface area (Å²) in [6.07, 6.45) is 2.03. The summed E-state index contributed by atoms with van der Waals surface area (Å²) in [7, 11) is -3.20. The van der Waals surface area contributed by atoms with Gasteiger partial charge in [-0.1, -0.05) is 40.2 Å². The minimum atomic E-state index is -3.20. The van der Waals surface area contributed by atoms with Crippen LogP contribution in [-0.2, 0) is 9.84 Å². The quantitative estimate of drug-likeness (QED) is 0.668. The van der Waals surface area contributed by atoms with Crippen LogP contribution in [0, 0.1) is 5.82 Å². The molecule has 0 fully saturated rings. The van der Waals surface area contributed by atoms with Gasteiger partial charge in [0.05, 0.1) is 9.05 Å². The second kappa shape index (κ2) is 6.42. The molecule has 23 heavy (non-hydrogen) atoms. The Hall–Kier alpha value is -1.11. The van der Waals surface area contributed by atoms with Crippen LogP contribution in [0.15, 0.2) is 53.4 Å². The molecule has 1 heterocycles. The standard InChI is InChI=1S/C17H14BrFO2S2/c1-23(20,21)14-8-4-11(5-9-14)15-10-16(18)22-17(15)12-2-6-13(19)7-3-12/h2-9,16H,10H2,1H3. The second-order valence-corrected chi connectivity index (χ2v) is 10.3. The van der Waals surface area contributed by atoms with Crippen LogP contribution in [0.3, 0.4) is 0 Å². The SMILES string of the molecule is CS(=O)(=O)c1ccc(C2=C(c3ccc(F)cc3)SC(Br)C2)cc1. The molecule has 0 aliphatic carbocycles. The largest absolute Gasteiger partial charge is 0.224 e. The second-order valence-electron chi connectivity index (χ2n) is 5.34. The summed E-state index contributed by atoms with van der Waals surface area (Å²) in [6, 6.07) is 13.4. The number of allylic oxidation sites excluding steroid dienone is 1. The normalized spacial score (nSPS) is 18.5. The van der Waals surface area contributed by atoms with Gasteiger partial charge in [0.25, 0.3) is 0 Å². The van der Waals surface area contributed by atoms with Gasteiger partial charge in [-0.3, -0.25) is 0 Å². The first-order valence-corrected chi connectivity index (χ1v) is 10.6. The van der Waals surface area contributed by atoms with Crippen LogP contribution < -0.4 is 0 Å². The number of hydrogen-bond donors (Lipinski definition) is 0. The third-order valence-electron chi connectivity index (χ3n) is 3.62. The summed E-state index contributed by atoms with van der Waals surface area (Å²) < 4.78 is 36.5. The van der Waals surface area contributed by atoms with Gasteiger partial charge in [0.1, 0.15) is 5.82 Å². The molecule has 0 bridgehead atoms. The Morgan fingerprint density at radius 3 is 2.17 bits per heavy atom. The van der Waals surface area contributed by atoms with E-state index in [2.05, 4.69) is 15.9 Å². The molecule has 2 aromatic rings. The zero-order valence-electron chi connectivity index (χ0n) is 12.3. The van der Waals surface area contributed by atoms with E-state index in [-0.39, 0.29) is 9.98 Å². The Bertz CT molecular complexity index is 856. The third-order valence-corrected chi connectivity index (χ3v) is 6.77. The van der Waals surface area contributed by atoms with Gasteiger partial charge < -0.3 is 0 Å². The maximum Gasteiger partial charge on any atom is 0.175 e. The van der Waals surface area contributed by atoms with E-state index in [0.717, 1.165) is 28.0 Å². The summed E-state index contributed by atoms with van der Waals surface area (Å²) in [5.74, 6) is -0.258. The van der Waals surface area contributed by atoms with Crippen LogP contribution in [0.1, 0.15) is 17.5 Å². The van der Waals surface area contributed by atoms with E-state index in [0.29, 0.717) is 4.90 Å². The number of rotatable bonds is 3. The van der Waals surface area contributed by atoms with Gasteiger partial charge in [-0.25, -0.2) is 12.8 Å². The van der Waals surface area contributed by atoms with Crippen LogP contribution in [0.5, 0.6) is 0 Å². The summed E-state index contributed by atoms with van der Waals surface area (Å²) in [5.41, 5.74) is 3.11. The number of sulfone groups is 1. The van der Waals surface area contributed by atoms with E-state index in [1.807, 2.05) is 12.1 Å². The van der Waals surface area contributed by atoms with E-state index >= 15 is 0 Å². The van der Waals surface area contributed by atoms with Crippen molar-refractivity contribution in [3.05, 3.63) is 65.5 Å². The van der Waals surface area contributed by atoms with Crippen LogP contribution in [0.2, 0.25) is 0 Å². The number of benzene rings is 2. The van der Waals surface area contributed by atoms with Crippen molar-refractivity contribution in [3.63, 3.8) is 0 Å². The molecule has 0 aromatic heterocycles. The number of hydrogen-bond acceptors (Lipinski definition) is 3. The molecule has 3 rings (SSSR count). The van der Waals surface area contributed by atoms with E-state index in [1.165, 1.54) is 18.4 Å². The number of alkyl halides is 1. The Morgan fingerprint density at radius 1 is 1.04 bits per heavy atom. The average molecular weight is 413 g/mol. The molecule has 1 atom stereocenters. The monoisotopic (exact) mass is 412 g/mol. The lowest BCUT2D eigenvalue weighted by Gasteiger charge is -2.08. The molecule has 1 aliphatic heterocycles. The van der Waals surface area contributed by atoms with Gasteiger partial charge in [0, 0.05) is 11.2 Å². The Morgan fingerprint density at radius 2 is 1.61 bits per heavy atom. The average Bonchev–Trinajstić information content (AvgIpc) is 2.89. The van der Waals surface area contributed by atoms with Gasteiger partial charge in [-0.05, 0) is 47.4 Å². The van der Waals surface area contributed by atoms with Crippen LogP contribution in [0.25, 0.3) is 10.5 Å². The van der Waals surface area contributed by atoms with Crippen molar-refractivity contribution < 1.29 is 12.8 Å². The molecule has 0 radical (unpaired) electrons. The molecule has 2 nitrogen and oxygen atoms in total. The van der Waals surface area contributed by atoms with Crippen LogP contribution >= 0.6 is 27.7 Å². The minimum Gasteiger partial charge on any atom is -0.224 e. The lowest BCUT2D eigenvalue weighted by molar-refractivity contribution is 0.602. The molecule has 0 spiro atoms. The fourth-order valence-electron chi connectivity index (χ4n) is 2.49. The summed E-state index contributed by atoms with van der Waals surface area (Å²) in [4.78, 5) is 1.41. The highest BCUT2D eigenvalue weighted by molar-refractivity contribution is 9.11. The Kier molecular flexibility index (Phi) is 4.67. The highest BCUT2D eigenvalue weighted by Gasteiger charge is 2.25. The van der Waals surface area contributed by atoms with Crippen molar-refractivity contribution in [2.24, 2.45) is 0 Å². The predicted molar refractivity (Wildman–Crippen MR) is 97.7 cm³/mol. The van der Waals surface area contributed by atoms with Crippen molar-refractivity contribution in [2.45, 2.75) is 15.5 Å². The zero-order chi connectivity index (χ0) is 16.6. The molecule has 0 N–H and O–H groups in total. The molecule has 1 unspecified atom stereocenters. The molecule has 0 saturated carbocycles. The first kappa shape index (κ1) is 16.7. The molecule has 2 aromatic carbocycles. The molecule has 6 heteroatoms. The molecule has 0 saturated heterocycles. The first-order valence-electron chi connectivity index (χ1n) is 6.95. The molecule has 0 amide bonds. The van der Waals surface area contributed by atoms with E-state index in [9.17, 15) is 12.8 Å². The summed E-state index contributed by atoms with van der Waals surface area (Å²) in [6.45, 7) is 0. The summed E-state index contributed by atoms with van der Waals surface area (Å²) in [5, 5.41) is 0. The van der Waals surface area contributed by atoms with E-state index in [4.69, 9.17) is 0 Å². The van der Waals surface area contributed by atoms with Gasteiger partial charge in [-0.2, -0.15) is 0 Å². The smallest absolute Gasteiger partial charge is 0.175 e. The molecule has 1 aliphatic rings. The van der Waals surface area contributed by atoms with Crippen molar-refractivity contribution in [2.75, 3.05) is 6.26 Å². The van der Waals surface area contributed by atoms with Crippen molar-refractivity contribution in [1.82, 2.24) is 0 Å². The summed E-state index contributed by atoms with van der Waals surface area (Å²) >= 11 is 5.32. The fraction of sp³-hybridized carbons (Fsp3) is 0.176.